The number of aryl methyl sites for hydroxylation is 2. The fraction of sp³-hybridized carbons (Fsp3) is 0.615. The Balaban J connectivity index is 1.84. The minimum Gasteiger partial charge on any atom is -0.396 e. The summed E-state index contributed by atoms with van der Waals surface area (Å²) >= 11 is 0. The zero-order valence-electron chi connectivity index (χ0n) is 17.5. The molecular formula is C26H40O. The Morgan fingerprint density at radius 2 is 1.00 bits per heavy atom. The molecule has 2 aromatic carbocycles. The van der Waals surface area contributed by atoms with Gasteiger partial charge in [0.1, 0.15) is 0 Å². The normalized spacial score (nSPS) is 11.3. The molecule has 0 radical (unpaired) electrons. The fourth-order valence-corrected chi connectivity index (χ4v) is 4.09. The molecule has 27 heavy (non-hydrogen) atoms. The van der Waals surface area contributed by atoms with Gasteiger partial charge in [-0.05, 0) is 54.0 Å². The number of benzene rings is 2. The molecule has 0 unspecified atom stereocenters. The van der Waals surface area contributed by atoms with Gasteiger partial charge in [0.2, 0.25) is 0 Å². The maximum atomic E-state index is 8.84. The van der Waals surface area contributed by atoms with E-state index in [1.54, 1.807) is 0 Å². The van der Waals surface area contributed by atoms with Gasteiger partial charge in [-0.2, -0.15) is 0 Å². The molecule has 0 amide bonds. The van der Waals surface area contributed by atoms with Gasteiger partial charge >= 0.3 is 0 Å². The number of fused-ring (bicyclic) bond motifs is 1. The van der Waals surface area contributed by atoms with Crippen LogP contribution in [0.5, 0.6) is 0 Å². The highest BCUT2D eigenvalue weighted by atomic mass is 16.2. The van der Waals surface area contributed by atoms with Gasteiger partial charge in [0.15, 0.2) is 0 Å². The topological polar surface area (TPSA) is 20.2 Å². The summed E-state index contributed by atoms with van der Waals surface area (Å²) in [4.78, 5) is 0. The Kier molecular flexibility index (Phi) is 11.2. The van der Waals surface area contributed by atoms with Gasteiger partial charge < -0.3 is 5.11 Å². The third-order valence-electron chi connectivity index (χ3n) is 5.76. The van der Waals surface area contributed by atoms with Crippen LogP contribution < -0.4 is 0 Å². The van der Waals surface area contributed by atoms with Crippen molar-refractivity contribution in [3.05, 3.63) is 47.5 Å². The molecule has 0 aliphatic carbocycles. The average Bonchev–Trinajstić information content (AvgIpc) is 2.71. The molecule has 2 aromatic rings. The van der Waals surface area contributed by atoms with Crippen molar-refractivity contribution in [1.82, 2.24) is 0 Å². The maximum absolute atomic E-state index is 8.84. The molecule has 0 spiro atoms. The van der Waals surface area contributed by atoms with E-state index in [1.807, 2.05) is 0 Å². The second kappa shape index (κ2) is 13.8. The largest absolute Gasteiger partial charge is 0.396 e. The van der Waals surface area contributed by atoms with Gasteiger partial charge in [0, 0.05) is 6.61 Å². The highest BCUT2D eigenvalue weighted by Crippen LogP contribution is 2.26. The highest BCUT2D eigenvalue weighted by molar-refractivity contribution is 5.88. The monoisotopic (exact) mass is 368 g/mol. The van der Waals surface area contributed by atoms with Gasteiger partial charge in [0.25, 0.3) is 0 Å². The van der Waals surface area contributed by atoms with Crippen molar-refractivity contribution in [2.45, 2.75) is 96.8 Å². The molecule has 0 bridgehead atoms. The van der Waals surface area contributed by atoms with Crippen molar-refractivity contribution in [2.75, 3.05) is 6.61 Å². The van der Waals surface area contributed by atoms with Crippen molar-refractivity contribution in [2.24, 2.45) is 0 Å². The van der Waals surface area contributed by atoms with Gasteiger partial charge in [0.05, 0.1) is 0 Å². The van der Waals surface area contributed by atoms with Gasteiger partial charge in [-0.3, -0.25) is 0 Å². The summed E-state index contributed by atoms with van der Waals surface area (Å²) in [5, 5.41) is 11.8. The Hall–Kier alpha value is -1.34. The van der Waals surface area contributed by atoms with Crippen molar-refractivity contribution in [1.29, 1.82) is 0 Å². The Morgan fingerprint density at radius 1 is 0.556 bits per heavy atom. The van der Waals surface area contributed by atoms with Crippen LogP contribution in [0.4, 0.5) is 0 Å². The Bertz CT molecular complexity index is 631. The Morgan fingerprint density at radius 3 is 1.48 bits per heavy atom. The molecule has 150 valence electrons. The van der Waals surface area contributed by atoms with Crippen LogP contribution in [-0.2, 0) is 12.8 Å². The number of aliphatic hydroxyl groups excluding tert-OH is 1. The van der Waals surface area contributed by atoms with Crippen LogP contribution in [0.15, 0.2) is 36.4 Å². The molecule has 0 atom stereocenters. The average molecular weight is 369 g/mol. The third-order valence-corrected chi connectivity index (χ3v) is 5.76. The standard InChI is InChI=1S/C26H40O/c1-2-3-4-5-8-11-16-23-20-21-24(26-19-14-13-18-25(23)26)17-12-9-6-7-10-15-22-27/h13-14,18-21,27H,2-12,15-17,22H2,1H3. The third kappa shape index (κ3) is 8.05. The van der Waals surface area contributed by atoms with E-state index < -0.39 is 0 Å². The summed E-state index contributed by atoms with van der Waals surface area (Å²) in [5.41, 5.74) is 3.06. The predicted molar refractivity (Wildman–Crippen MR) is 120 cm³/mol. The van der Waals surface area contributed by atoms with Crippen LogP contribution in [0.2, 0.25) is 0 Å². The van der Waals surface area contributed by atoms with Crippen molar-refractivity contribution in [3.63, 3.8) is 0 Å². The van der Waals surface area contributed by atoms with Crippen LogP contribution >= 0.6 is 0 Å². The molecule has 1 heteroatoms. The minimum absolute atomic E-state index is 0.344. The second-order valence-corrected chi connectivity index (χ2v) is 8.04. The van der Waals surface area contributed by atoms with Crippen LogP contribution in [-0.4, -0.2) is 11.7 Å². The lowest BCUT2D eigenvalue weighted by atomic mass is 9.93. The SMILES string of the molecule is CCCCCCCCc1ccc(CCCCCCCCO)c2ccccc12. The maximum Gasteiger partial charge on any atom is 0.0431 e. The first-order chi connectivity index (χ1) is 13.4. The fourth-order valence-electron chi connectivity index (χ4n) is 4.09. The van der Waals surface area contributed by atoms with Crippen LogP contribution in [0.3, 0.4) is 0 Å². The van der Waals surface area contributed by atoms with Gasteiger partial charge in [-0.15, -0.1) is 0 Å². The summed E-state index contributed by atoms with van der Waals surface area (Å²) in [6.07, 6.45) is 17.9. The zero-order chi connectivity index (χ0) is 19.2. The number of hydrogen-bond donors (Lipinski definition) is 1. The lowest BCUT2D eigenvalue weighted by Gasteiger charge is -2.12. The first kappa shape index (κ1) is 22.0. The molecule has 0 fully saturated rings. The lowest BCUT2D eigenvalue weighted by Crippen LogP contribution is -1.94. The van der Waals surface area contributed by atoms with E-state index >= 15 is 0 Å². The lowest BCUT2D eigenvalue weighted by molar-refractivity contribution is 0.282. The smallest absolute Gasteiger partial charge is 0.0431 e. The molecule has 0 aliphatic rings. The van der Waals surface area contributed by atoms with E-state index in [1.165, 1.54) is 105 Å². The number of unbranched alkanes of at least 4 members (excludes halogenated alkanes) is 10. The van der Waals surface area contributed by atoms with Crippen molar-refractivity contribution in [3.8, 4) is 0 Å². The highest BCUT2D eigenvalue weighted by Gasteiger charge is 2.06. The summed E-state index contributed by atoms with van der Waals surface area (Å²) in [7, 11) is 0. The molecule has 0 aromatic heterocycles. The van der Waals surface area contributed by atoms with E-state index in [2.05, 4.69) is 43.3 Å². The molecule has 1 nitrogen and oxygen atoms in total. The molecule has 0 saturated carbocycles. The number of rotatable bonds is 15. The summed E-state index contributed by atoms with van der Waals surface area (Å²) in [6, 6.07) is 13.8. The zero-order valence-corrected chi connectivity index (χ0v) is 17.5. The number of aliphatic hydroxyl groups is 1. The molecule has 2 rings (SSSR count). The summed E-state index contributed by atoms with van der Waals surface area (Å²) < 4.78 is 0. The summed E-state index contributed by atoms with van der Waals surface area (Å²) in [5.74, 6) is 0. The molecule has 0 heterocycles. The molecular weight excluding hydrogens is 328 g/mol. The van der Waals surface area contributed by atoms with E-state index in [-0.39, 0.29) is 0 Å². The Labute approximate surface area is 167 Å². The van der Waals surface area contributed by atoms with Gasteiger partial charge in [-0.1, -0.05) is 101 Å². The summed E-state index contributed by atoms with van der Waals surface area (Å²) in [6.45, 7) is 2.63. The van der Waals surface area contributed by atoms with Gasteiger partial charge in [-0.25, -0.2) is 0 Å². The predicted octanol–water partition coefficient (Wildman–Crippen LogP) is 7.62. The van der Waals surface area contributed by atoms with Crippen LogP contribution in [0, 0.1) is 0 Å². The van der Waals surface area contributed by atoms with E-state index in [9.17, 15) is 0 Å². The van der Waals surface area contributed by atoms with Crippen LogP contribution in [0.25, 0.3) is 10.8 Å². The number of hydrogen-bond acceptors (Lipinski definition) is 1. The second-order valence-electron chi connectivity index (χ2n) is 8.04. The first-order valence-electron chi connectivity index (χ1n) is 11.5. The van der Waals surface area contributed by atoms with E-state index in [0.29, 0.717) is 6.61 Å². The minimum atomic E-state index is 0.344. The van der Waals surface area contributed by atoms with E-state index in [0.717, 1.165) is 6.42 Å². The van der Waals surface area contributed by atoms with Crippen molar-refractivity contribution >= 4 is 10.8 Å². The van der Waals surface area contributed by atoms with Crippen molar-refractivity contribution < 1.29 is 5.11 Å². The first-order valence-corrected chi connectivity index (χ1v) is 11.5. The molecule has 0 saturated heterocycles. The molecule has 0 aliphatic heterocycles. The van der Waals surface area contributed by atoms with E-state index in [4.69, 9.17) is 5.11 Å². The quantitative estimate of drug-likeness (QED) is 0.321. The molecule has 1 N–H and O–H groups in total. The van der Waals surface area contributed by atoms with Crippen LogP contribution in [0.1, 0.15) is 95.1 Å².